The number of hydrogen-bond acceptors (Lipinski definition) is 3. The Balaban J connectivity index is 2.17. The Morgan fingerprint density at radius 2 is 1.86 bits per heavy atom. The molecule has 0 radical (unpaired) electrons. The molecule has 0 aromatic heterocycles. The minimum atomic E-state index is -0.776. The van der Waals surface area contributed by atoms with E-state index in [1.54, 1.807) is 6.92 Å². The summed E-state index contributed by atoms with van der Waals surface area (Å²) in [6.07, 6.45) is 7.32. The van der Waals surface area contributed by atoms with Gasteiger partial charge in [-0.05, 0) is 49.4 Å². The van der Waals surface area contributed by atoms with Gasteiger partial charge < -0.3 is 10.4 Å². The quantitative estimate of drug-likeness (QED) is 0.609. The first kappa shape index (κ1) is 18.1. The van der Waals surface area contributed by atoms with Gasteiger partial charge in [-0.15, -0.1) is 0 Å². The highest BCUT2D eigenvalue weighted by atomic mass is 32.2. The predicted octanol–water partition coefficient (Wildman–Crippen LogP) is 3.89. The van der Waals surface area contributed by atoms with Crippen molar-refractivity contribution >= 4 is 17.7 Å². The fraction of sp³-hybridized carbons (Fsp3) is 0.588. The highest BCUT2D eigenvalue weighted by molar-refractivity contribution is 7.98. The predicted molar refractivity (Wildman–Crippen MR) is 91.0 cm³/mol. The average molecular weight is 309 g/mol. The van der Waals surface area contributed by atoms with Gasteiger partial charge in [-0.25, -0.2) is 0 Å². The van der Waals surface area contributed by atoms with Crippen LogP contribution in [0.1, 0.15) is 49.7 Å². The smallest absolute Gasteiger partial charge is 0.310 e. The van der Waals surface area contributed by atoms with E-state index in [4.69, 9.17) is 5.11 Å². The Bertz CT molecular complexity index is 406. The lowest BCUT2D eigenvalue weighted by molar-refractivity contribution is -0.138. The van der Waals surface area contributed by atoms with Crippen molar-refractivity contribution in [2.45, 2.75) is 45.1 Å². The number of rotatable bonds is 11. The van der Waals surface area contributed by atoms with Gasteiger partial charge in [0.05, 0.1) is 5.92 Å². The number of unbranched alkanes of at least 4 members (excludes halogenated alkanes) is 3. The van der Waals surface area contributed by atoms with Crippen LogP contribution in [0.3, 0.4) is 0 Å². The third kappa shape index (κ3) is 7.53. The molecule has 0 saturated heterocycles. The van der Waals surface area contributed by atoms with Gasteiger partial charge in [-0.3, -0.25) is 4.79 Å². The molecule has 2 N–H and O–H groups in total. The molecule has 1 rings (SSSR count). The van der Waals surface area contributed by atoms with Crippen molar-refractivity contribution in [1.29, 1.82) is 0 Å². The lowest BCUT2D eigenvalue weighted by Gasteiger charge is -2.09. The zero-order valence-electron chi connectivity index (χ0n) is 13.1. The van der Waals surface area contributed by atoms with Crippen LogP contribution in [0, 0.1) is 0 Å². The summed E-state index contributed by atoms with van der Waals surface area (Å²) >= 11 is 1.92. The van der Waals surface area contributed by atoms with E-state index >= 15 is 0 Å². The first-order valence-electron chi connectivity index (χ1n) is 7.66. The van der Waals surface area contributed by atoms with Gasteiger partial charge in [0.2, 0.25) is 0 Å². The van der Waals surface area contributed by atoms with E-state index in [0.29, 0.717) is 0 Å². The van der Waals surface area contributed by atoms with Crippen LogP contribution < -0.4 is 5.32 Å². The van der Waals surface area contributed by atoms with Crippen molar-refractivity contribution in [1.82, 2.24) is 5.32 Å². The molecular weight excluding hydrogens is 282 g/mol. The fourth-order valence-corrected chi connectivity index (χ4v) is 2.64. The van der Waals surface area contributed by atoms with Crippen molar-refractivity contribution in [3.05, 3.63) is 35.4 Å². The third-order valence-corrected chi connectivity index (χ3v) is 4.33. The molecule has 0 spiro atoms. The fourth-order valence-electron chi connectivity index (χ4n) is 2.15. The third-order valence-electron chi connectivity index (χ3n) is 3.63. The van der Waals surface area contributed by atoms with Crippen LogP contribution >= 0.6 is 11.8 Å². The summed E-state index contributed by atoms with van der Waals surface area (Å²) in [6.45, 7) is 3.62. The Labute approximate surface area is 132 Å². The lowest BCUT2D eigenvalue weighted by atomic mass is 10.00. The van der Waals surface area contributed by atoms with E-state index in [0.717, 1.165) is 18.7 Å². The van der Waals surface area contributed by atoms with Crippen molar-refractivity contribution in [2.75, 3.05) is 18.6 Å². The van der Waals surface area contributed by atoms with E-state index in [2.05, 4.69) is 11.6 Å². The maximum Gasteiger partial charge on any atom is 0.310 e. The number of carbonyl (C=O) groups is 1. The second-order valence-corrected chi connectivity index (χ2v) is 6.37. The van der Waals surface area contributed by atoms with Gasteiger partial charge in [0, 0.05) is 6.54 Å². The molecule has 0 amide bonds. The number of nitrogens with one attached hydrogen (secondary N) is 1. The Hall–Kier alpha value is -1.00. The largest absolute Gasteiger partial charge is 0.481 e. The first-order valence-corrected chi connectivity index (χ1v) is 9.06. The van der Waals surface area contributed by atoms with E-state index in [1.165, 1.54) is 37.0 Å². The number of carboxylic acids is 1. The second-order valence-electron chi connectivity index (χ2n) is 5.39. The van der Waals surface area contributed by atoms with Crippen molar-refractivity contribution < 1.29 is 9.90 Å². The minimum Gasteiger partial charge on any atom is -0.481 e. The molecule has 1 aromatic carbocycles. The summed E-state index contributed by atoms with van der Waals surface area (Å²) in [4.78, 5) is 10.9. The summed E-state index contributed by atoms with van der Waals surface area (Å²) in [6, 6.07) is 7.86. The molecule has 0 aliphatic carbocycles. The van der Waals surface area contributed by atoms with Crippen LogP contribution in [0.2, 0.25) is 0 Å². The molecule has 0 aliphatic rings. The molecule has 0 aliphatic heterocycles. The number of carboxylic acid groups (broad SMARTS) is 1. The SMILES string of the molecule is CSCCCCCCNCc1ccc(C(C)C(=O)O)cc1. The molecule has 118 valence electrons. The van der Waals surface area contributed by atoms with E-state index in [1.807, 2.05) is 36.0 Å². The highest BCUT2D eigenvalue weighted by Gasteiger charge is 2.12. The number of benzene rings is 1. The molecule has 0 saturated carbocycles. The Kier molecular flexibility index (Phi) is 9.19. The number of hydrogen-bond donors (Lipinski definition) is 2. The molecule has 1 aromatic rings. The molecule has 0 bridgehead atoms. The minimum absolute atomic E-state index is 0.437. The topological polar surface area (TPSA) is 49.3 Å². The van der Waals surface area contributed by atoms with Crippen LogP contribution in [-0.4, -0.2) is 29.6 Å². The molecule has 1 atom stereocenters. The molecule has 4 heteroatoms. The molecule has 1 unspecified atom stereocenters. The monoisotopic (exact) mass is 309 g/mol. The van der Waals surface area contributed by atoms with E-state index in [9.17, 15) is 4.79 Å². The Morgan fingerprint density at radius 1 is 1.19 bits per heavy atom. The van der Waals surface area contributed by atoms with Crippen molar-refractivity contribution in [3.8, 4) is 0 Å². The summed E-state index contributed by atoms with van der Waals surface area (Å²) in [5, 5.41) is 12.4. The lowest BCUT2D eigenvalue weighted by Crippen LogP contribution is -2.15. The maximum absolute atomic E-state index is 10.9. The maximum atomic E-state index is 10.9. The average Bonchev–Trinajstić information content (AvgIpc) is 2.49. The molecule has 0 fully saturated rings. The van der Waals surface area contributed by atoms with Gasteiger partial charge in [-0.2, -0.15) is 11.8 Å². The second kappa shape index (κ2) is 10.7. The zero-order chi connectivity index (χ0) is 15.5. The number of thioether (sulfide) groups is 1. The van der Waals surface area contributed by atoms with E-state index in [-0.39, 0.29) is 0 Å². The molecular formula is C17H27NO2S. The number of aliphatic carboxylic acids is 1. The van der Waals surface area contributed by atoms with E-state index < -0.39 is 11.9 Å². The Morgan fingerprint density at radius 3 is 2.48 bits per heavy atom. The molecule has 21 heavy (non-hydrogen) atoms. The molecule has 0 heterocycles. The normalized spacial score (nSPS) is 12.3. The van der Waals surface area contributed by atoms with Crippen molar-refractivity contribution in [2.24, 2.45) is 0 Å². The van der Waals surface area contributed by atoms with Gasteiger partial charge in [0.15, 0.2) is 0 Å². The van der Waals surface area contributed by atoms with Crippen LogP contribution in [-0.2, 0) is 11.3 Å². The zero-order valence-corrected chi connectivity index (χ0v) is 13.9. The van der Waals surface area contributed by atoms with Crippen LogP contribution in [0.5, 0.6) is 0 Å². The van der Waals surface area contributed by atoms with Gasteiger partial charge in [-0.1, -0.05) is 37.1 Å². The summed E-state index contributed by atoms with van der Waals surface area (Å²) in [5.41, 5.74) is 2.07. The highest BCUT2D eigenvalue weighted by Crippen LogP contribution is 2.16. The van der Waals surface area contributed by atoms with Crippen LogP contribution in [0.25, 0.3) is 0 Å². The van der Waals surface area contributed by atoms with Gasteiger partial charge >= 0.3 is 5.97 Å². The summed E-state index contributed by atoms with van der Waals surface area (Å²) < 4.78 is 0. The first-order chi connectivity index (χ1) is 10.1. The van der Waals surface area contributed by atoms with Gasteiger partial charge in [0.25, 0.3) is 0 Å². The van der Waals surface area contributed by atoms with Crippen LogP contribution in [0.15, 0.2) is 24.3 Å². The molecule has 3 nitrogen and oxygen atoms in total. The summed E-state index contributed by atoms with van der Waals surface area (Å²) in [5.74, 6) is 0.0600. The van der Waals surface area contributed by atoms with Crippen molar-refractivity contribution in [3.63, 3.8) is 0 Å². The van der Waals surface area contributed by atoms with Gasteiger partial charge in [0.1, 0.15) is 0 Å². The standard InChI is InChI=1S/C17H27NO2S/c1-14(17(19)20)16-9-7-15(8-10-16)13-18-11-5-3-4-6-12-21-2/h7-10,14,18H,3-6,11-13H2,1-2H3,(H,19,20). The van der Waals surface area contributed by atoms with Crippen LogP contribution in [0.4, 0.5) is 0 Å². The summed E-state index contributed by atoms with van der Waals surface area (Å²) in [7, 11) is 0.